The third-order valence-electron chi connectivity index (χ3n) is 5.70. The van der Waals surface area contributed by atoms with Crippen LogP contribution >= 0.6 is 0 Å². The quantitative estimate of drug-likeness (QED) is 0.621. The van der Waals surface area contributed by atoms with Crippen LogP contribution in [0.2, 0.25) is 0 Å². The molecule has 10 atom stereocenters. The van der Waals surface area contributed by atoms with Crippen molar-refractivity contribution in [3.63, 3.8) is 0 Å². The van der Waals surface area contributed by atoms with E-state index in [0.717, 1.165) is 0 Å². The van der Waals surface area contributed by atoms with Crippen molar-refractivity contribution in [1.29, 1.82) is 0 Å². The van der Waals surface area contributed by atoms with Gasteiger partial charge >= 0.3 is 0 Å². The molecule has 148 valence electrons. The Balaban J connectivity index is 1.34. The second-order valence-electron chi connectivity index (χ2n) is 7.78. The number of hydrogen-bond donors (Lipinski definition) is 0. The molecule has 0 radical (unpaired) electrons. The summed E-state index contributed by atoms with van der Waals surface area (Å²) >= 11 is 0. The second-order valence-corrected chi connectivity index (χ2v) is 7.78. The Morgan fingerprint density at radius 3 is 2.38 bits per heavy atom. The van der Waals surface area contributed by atoms with Crippen molar-refractivity contribution in [2.45, 2.75) is 81.0 Å². The van der Waals surface area contributed by atoms with Crippen molar-refractivity contribution >= 4 is 0 Å². The van der Waals surface area contributed by atoms with Crippen molar-refractivity contribution in [2.24, 2.45) is 0 Å². The number of epoxide rings is 1. The maximum Gasteiger partial charge on any atom is 0.187 e. The number of ether oxygens (including phenoxy) is 9. The van der Waals surface area contributed by atoms with E-state index in [9.17, 15) is 0 Å². The summed E-state index contributed by atoms with van der Waals surface area (Å²) in [6.07, 6.45) is -2.84. The lowest BCUT2D eigenvalue weighted by Gasteiger charge is -2.50. The molecule has 5 fully saturated rings. The van der Waals surface area contributed by atoms with Gasteiger partial charge in [0.15, 0.2) is 18.4 Å². The van der Waals surface area contributed by atoms with Crippen molar-refractivity contribution in [2.75, 3.05) is 27.4 Å². The lowest BCUT2D eigenvalue weighted by Crippen LogP contribution is -2.66. The molecule has 0 saturated carbocycles. The third kappa shape index (κ3) is 2.81. The van der Waals surface area contributed by atoms with Gasteiger partial charge < -0.3 is 42.6 Å². The second kappa shape index (κ2) is 6.33. The van der Waals surface area contributed by atoms with Gasteiger partial charge in [-0.2, -0.15) is 0 Å². The van der Waals surface area contributed by atoms with Crippen LogP contribution in [0.1, 0.15) is 13.8 Å². The fourth-order valence-corrected chi connectivity index (χ4v) is 4.36. The molecule has 5 aliphatic rings. The Kier molecular flexibility index (Phi) is 4.31. The first-order chi connectivity index (χ1) is 12.5. The van der Waals surface area contributed by atoms with Crippen LogP contribution in [0, 0.1) is 0 Å². The van der Waals surface area contributed by atoms with Crippen LogP contribution in [0.25, 0.3) is 0 Å². The zero-order chi connectivity index (χ0) is 18.1. The fraction of sp³-hybridized carbons (Fsp3) is 1.00. The summed E-state index contributed by atoms with van der Waals surface area (Å²) < 4.78 is 52.7. The van der Waals surface area contributed by atoms with Gasteiger partial charge in [-0.05, 0) is 13.8 Å². The van der Waals surface area contributed by atoms with E-state index in [1.165, 1.54) is 0 Å². The van der Waals surface area contributed by atoms with E-state index >= 15 is 0 Å². The van der Waals surface area contributed by atoms with Gasteiger partial charge in [-0.3, -0.25) is 0 Å². The molecular formula is C17H26O9. The molecule has 0 N–H and O–H groups in total. The Labute approximate surface area is 152 Å². The summed E-state index contributed by atoms with van der Waals surface area (Å²) in [5.74, 6) is -0.699. The molecular weight excluding hydrogens is 348 g/mol. The van der Waals surface area contributed by atoms with Crippen molar-refractivity contribution in [1.82, 2.24) is 0 Å². The van der Waals surface area contributed by atoms with Crippen LogP contribution in [-0.4, -0.2) is 94.6 Å². The SMILES string of the molecule is CO[C@@H]1[C@@H](OC)[C@H](O[C@H]2[C@@H]3O[C@@H]3[C@@H]3OC[C@H]2O3)O[C@@H]2COC(C)(C)O[C@@H]12. The molecule has 5 aliphatic heterocycles. The van der Waals surface area contributed by atoms with Crippen LogP contribution in [0.5, 0.6) is 0 Å². The van der Waals surface area contributed by atoms with E-state index in [0.29, 0.717) is 13.2 Å². The van der Waals surface area contributed by atoms with E-state index in [1.54, 1.807) is 14.2 Å². The molecule has 9 nitrogen and oxygen atoms in total. The first-order valence-electron chi connectivity index (χ1n) is 9.11. The van der Waals surface area contributed by atoms with E-state index in [1.807, 2.05) is 13.8 Å². The summed E-state index contributed by atoms with van der Waals surface area (Å²) in [4.78, 5) is 0. The van der Waals surface area contributed by atoms with Gasteiger partial charge in [-0.25, -0.2) is 0 Å². The Morgan fingerprint density at radius 2 is 1.62 bits per heavy atom. The van der Waals surface area contributed by atoms with Crippen molar-refractivity contribution in [3.05, 3.63) is 0 Å². The largest absolute Gasteiger partial charge is 0.376 e. The topological polar surface area (TPSA) is 86.4 Å². The van der Waals surface area contributed by atoms with E-state index in [-0.39, 0.29) is 49.0 Å². The highest BCUT2D eigenvalue weighted by Crippen LogP contribution is 2.44. The predicted molar refractivity (Wildman–Crippen MR) is 83.3 cm³/mol. The fourth-order valence-electron chi connectivity index (χ4n) is 4.36. The van der Waals surface area contributed by atoms with Gasteiger partial charge in [0.05, 0.1) is 13.2 Å². The molecule has 2 bridgehead atoms. The van der Waals surface area contributed by atoms with E-state index in [4.69, 9.17) is 42.6 Å². The number of rotatable bonds is 4. The molecule has 9 heteroatoms. The van der Waals surface area contributed by atoms with Gasteiger partial charge in [0.25, 0.3) is 0 Å². The molecule has 0 unspecified atom stereocenters. The highest BCUT2D eigenvalue weighted by Gasteiger charge is 2.63. The monoisotopic (exact) mass is 374 g/mol. The molecule has 5 rings (SSSR count). The molecule has 26 heavy (non-hydrogen) atoms. The summed E-state index contributed by atoms with van der Waals surface area (Å²) in [7, 11) is 3.25. The standard InChI is InChI=1S/C17H26O9/c1-17(2)21-6-8-10(26-17)11(18-3)13(19-4)16(23-8)25-9-7-5-20-15(22-7)14-12(9)24-14/h7-16H,5-6H2,1-4H3/t7-,8-,9-,10-,11+,12+,13-,14+,15-,16+/m1/s1. The highest BCUT2D eigenvalue weighted by molar-refractivity contribution is 5.05. The Morgan fingerprint density at radius 1 is 0.808 bits per heavy atom. The lowest BCUT2D eigenvalue weighted by molar-refractivity contribution is -0.392. The van der Waals surface area contributed by atoms with Crippen LogP contribution in [0.4, 0.5) is 0 Å². The molecule has 0 aliphatic carbocycles. The molecule has 5 heterocycles. The molecule has 0 aromatic rings. The number of fused-ring (bicyclic) bond motifs is 5. The smallest absolute Gasteiger partial charge is 0.187 e. The minimum atomic E-state index is -0.699. The van der Waals surface area contributed by atoms with Gasteiger partial charge in [-0.1, -0.05) is 0 Å². The lowest BCUT2D eigenvalue weighted by atomic mass is 9.96. The van der Waals surface area contributed by atoms with Crippen LogP contribution in [0.15, 0.2) is 0 Å². The van der Waals surface area contributed by atoms with Crippen LogP contribution < -0.4 is 0 Å². The molecule has 0 amide bonds. The highest BCUT2D eigenvalue weighted by atomic mass is 16.8. The van der Waals surface area contributed by atoms with E-state index < -0.39 is 18.2 Å². The summed E-state index contributed by atoms with van der Waals surface area (Å²) in [6.45, 7) is 4.64. The Bertz CT molecular complexity index is 542. The summed E-state index contributed by atoms with van der Waals surface area (Å²) in [5, 5.41) is 0. The summed E-state index contributed by atoms with van der Waals surface area (Å²) in [6, 6.07) is 0. The molecule has 5 saturated heterocycles. The normalized spacial score (nSPS) is 54.5. The van der Waals surface area contributed by atoms with E-state index in [2.05, 4.69) is 0 Å². The van der Waals surface area contributed by atoms with Crippen LogP contribution in [-0.2, 0) is 42.6 Å². The average Bonchev–Trinajstić information content (AvgIpc) is 3.30. The third-order valence-corrected chi connectivity index (χ3v) is 5.70. The zero-order valence-corrected chi connectivity index (χ0v) is 15.4. The summed E-state index contributed by atoms with van der Waals surface area (Å²) in [5.41, 5.74) is 0. The number of hydrogen-bond acceptors (Lipinski definition) is 9. The maximum absolute atomic E-state index is 6.28. The average molecular weight is 374 g/mol. The van der Waals surface area contributed by atoms with Gasteiger partial charge in [0, 0.05) is 14.2 Å². The zero-order valence-electron chi connectivity index (χ0n) is 15.4. The maximum atomic E-state index is 6.28. The first kappa shape index (κ1) is 17.7. The minimum Gasteiger partial charge on any atom is -0.376 e. The first-order valence-corrected chi connectivity index (χ1v) is 9.11. The van der Waals surface area contributed by atoms with Gasteiger partial charge in [-0.15, -0.1) is 0 Å². The van der Waals surface area contributed by atoms with Crippen LogP contribution in [0.3, 0.4) is 0 Å². The number of methoxy groups -OCH3 is 2. The molecule has 0 aromatic heterocycles. The molecule has 0 spiro atoms. The van der Waals surface area contributed by atoms with Crippen molar-refractivity contribution in [3.8, 4) is 0 Å². The van der Waals surface area contributed by atoms with Crippen molar-refractivity contribution < 1.29 is 42.6 Å². The minimum absolute atomic E-state index is 0.0288. The Hall–Kier alpha value is -0.360. The predicted octanol–water partition coefficient (Wildman–Crippen LogP) is -0.199. The van der Waals surface area contributed by atoms with Gasteiger partial charge in [0.1, 0.15) is 48.8 Å². The van der Waals surface area contributed by atoms with Gasteiger partial charge in [0.2, 0.25) is 0 Å². The molecule has 0 aromatic carbocycles.